The van der Waals surface area contributed by atoms with Crippen molar-refractivity contribution in [2.75, 3.05) is 7.11 Å². The second-order valence-corrected chi connectivity index (χ2v) is 5.47. The van der Waals surface area contributed by atoms with Gasteiger partial charge in [-0.1, -0.05) is 0 Å². The Balaban J connectivity index is 1.55. The molecule has 2 aliphatic carbocycles. The largest absolute Gasteiger partial charge is 0.464 e. The molecule has 2 aliphatic rings. The smallest absolute Gasteiger partial charge is 0.354 e. The van der Waals surface area contributed by atoms with Gasteiger partial charge in [0.1, 0.15) is 5.69 Å². The minimum atomic E-state index is -0.304. The molecule has 0 aliphatic heterocycles. The van der Waals surface area contributed by atoms with E-state index in [4.69, 9.17) is 0 Å². The van der Waals surface area contributed by atoms with Crippen LogP contribution >= 0.6 is 0 Å². The van der Waals surface area contributed by atoms with E-state index < -0.39 is 0 Å². The van der Waals surface area contributed by atoms with Gasteiger partial charge in [0, 0.05) is 18.3 Å². The quantitative estimate of drug-likeness (QED) is 0.758. The van der Waals surface area contributed by atoms with Crippen LogP contribution in [-0.4, -0.2) is 24.1 Å². The van der Waals surface area contributed by atoms with E-state index in [1.807, 2.05) is 6.07 Å². The number of rotatable bonds is 6. The number of aromatic amines is 1. The highest BCUT2D eigenvalue weighted by Crippen LogP contribution is 2.44. The number of esters is 1. The van der Waals surface area contributed by atoms with Gasteiger partial charge in [0.25, 0.3) is 0 Å². The Bertz CT molecular complexity index is 421. The van der Waals surface area contributed by atoms with Gasteiger partial charge in [-0.15, -0.1) is 0 Å². The highest BCUT2D eigenvalue weighted by Gasteiger charge is 2.40. The summed E-state index contributed by atoms with van der Waals surface area (Å²) in [7, 11) is 1.40. The number of hydrogen-bond donors (Lipinski definition) is 2. The molecule has 0 amide bonds. The molecule has 3 rings (SSSR count). The summed E-state index contributed by atoms with van der Waals surface area (Å²) in [6.45, 7) is 0.814. The Hall–Kier alpha value is -1.29. The Labute approximate surface area is 107 Å². The van der Waals surface area contributed by atoms with Gasteiger partial charge in [0.15, 0.2) is 0 Å². The molecule has 1 aromatic rings. The van der Waals surface area contributed by atoms with Crippen molar-refractivity contribution in [2.45, 2.75) is 38.3 Å². The Morgan fingerprint density at radius 1 is 1.39 bits per heavy atom. The topological polar surface area (TPSA) is 54.1 Å². The average Bonchev–Trinajstić information content (AvgIpc) is 3.29. The SMILES string of the molecule is COC(=O)c1ccc(CNC(C2CC2)C2CC2)[nH]1. The normalized spacial score (nSPS) is 19.2. The first kappa shape index (κ1) is 11.8. The minimum Gasteiger partial charge on any atom is -0.464 e. The molecule has 2 saturated carbocycles. The molecular formula is C14H20N2O2. The van der Waals surface area contributed by atoms with Crippen LogP contribution in [0.1, 0.15) is 41.9 Å². The highest BCUT2D eigenvalue weighted by atomic mass is 16.5. The van der Waals surface area contributed by atoms with Gasteiger partial charge in [-0.3, -0.25) is 0 Å². The number of H-pyrrole nitrogens is 1. The van der Waals surface area contributed by atoms with E-state index in [2.05, 4.69) is 15.0 Å². The van der Waals surface area contributed by atoms with Gasteiger partial charge in [-0.25, -0.2) is 4.79 Å². The van der Waals surface area contributed by atoms with Crippen molar-refractivity contribution < 1.29 is 9.53 Å². The third-order valence-electron chi connectivity index (χ3n) is 3.94. The number of methoxy groups -OCH3 is 1. The summed E-state index contributed by atoms with van der Waals surface area (Å²) < 4.78 is 4.68. The lowest BCUT2D eigenvalue weighted by molar-refractivity contribution is 0.0594. The number of ether oxygens (including phenoxy) is 1. The first-order valence-corrected chi connectivity index (χ1v) is 6.77. The molecule has 2 fully saturated rings. The monoisotopic (exact) mass is 248 g/mol. The van der Waals surface area contributed by atoms with Crippen LogP contribution in [0.15, 0.2) is 12.1 Å². The van der Waals surface area contributed by atoms with E-state index in [0.717, 1.165) is 24.1 Å². The van der Waals surface area contributed by atoms with Crippen molar-refractivity contribution in [3.05, 3.63) is 23.5 Å². The van der Waals surface area contributed by atoms with E-state index in [0.29, 0.717) is 11.7 Å². The number of carbonyl (C=O) groups is 1. The third kappa shape index (κ3) is 2.58. The maximum atomic E-state index is 11.3. The predicted molar refractivity (Wildman–Crippen MR) is 68.2 cm³/mol. The lowest BCUT2D eigenvalue weighted by Crippen LogP contribution is -2.32. The first-order valence-electron chi connectivity index (χ1n) is 6.77. The predicted octanol–water partition coefficient (Wildman–Crippen LogP) is 2.08. The number of hydrogen-bond acceptors (Lipinski definition) is 3. The van der Waals surface area contributed by atoms with Crippen LogP contribution in [0.3, 0.4) is 0 Å². The van der Waals surface area contributed by atoms with Gasteiger partial charge in [0.05, 0.1) is 7.11 Å². The molecule has 0 spiro atoms. The van der Waals surface area contributed by atoms with E-state index >= 15 is 0 Å². The second kappa shape index (κ2) is 4.76. The summed E-state index contributed by atoms with van der Waals surface area (Å²) in [5, 5.41) is 3.65. The maximum Gasteiger partial charge on any atom is 0.354 e. The van der Waals surface area contributed by atoms with Crippen molar-refractivity contribution in [2.24, 2.45) is 11.8 Å². The van der Waals surface area contributed by atoms with Crippen molar-refractivity contribution >= 4 is 5.97 Å². The summed E-state index contributed by atoms with van der Waals surface area (Å²) in [4.78, 5) is 14.4. The lowest BCUT2D eigenvalue weighted by Gasteiger charge is -2.16. The highest BCUT2D eigenvalue weighted by molar-refractivity contribution is 5.87. The van der Waals surface area contributed by atoms with Crippen LogP contribution in [0.25, 0.3) is 0 Å². The number of carbonyl (C=O) groups excluding carboxylic acids is 1. The molecule has 98 valence electrons. The summed E-state index contributed by atoms with van der Waals surface area (Å²) in [6.07, 6.45) is 5.53. The van der Waals surface area contributed by atoms with Gasteiger partial charge in [-0.2, -0.15) is 0 Å². The van der Waals surface area contributed by atoms with E-state index in [1.165, 1.54) is 32.8 Å². The summed E-state index contributed by atoms with van der Waals surface area (Å²) >= 11 is 0. The molecule has 0 atom stereocenters. The number of nitrogens with one attached hydrogen (secondary N) is 2. The van der Waals surface area contributed by atoms with Crippen LogP contribution in [0.5, 0.6) is 0 Å². The molecule has 2 N–H and O–H groups in total. The fourth-order valence-corrected chi connectivity index (χ4v) is 2.63. The molecule has 0 saturated heterocycles. The fourth-order valence-electron chi connectivity index (χ4n) is 2.63. The van der Waals surface area contributed by atoms with Crippen LogP contribution < -0.4 is 5.32 Å². The van der Waals surface area contributed by atoms with Gasteiger partial charge in [-0.05, 0) is 49.7 Å². The third-order valence-corrected chi connectivity index (χ3v) is 3.94. The van der Waals surface area contributed by atoms with Gasteiger partial charge >= 0.3 is 5.97 Å². The van der Waals surface area contributed by atoms with E-state index in [-0.39, 0.29) is 5.97 Å². The Morgan fingerprint density at radius 2 is 2.06 bits per heavy atom. The fraction of sp³-hybridized carbons (Fsp3) is 0.643. The molecule has 1 heterocycles. The van der Waals surface area contributed by atoms with Crippen molar-refractivity contribution in [1.29, 1.82) is 0 Å². The Morgan fingerprint density at radius 3 is 2.61 bits per heavy atom. The van der Waals surface area contributed by atoms with E-state index in [9.17, 15) is 4.79 Å². The first-order chi connectivity index (χ1) is 8.78. The summed E-state index contributed by atoms with van der Waals surface area (Å²) in [5.41, 5.74) is 1.59. The van der Waals surface area contributed by atoms with E-state index in [1.54, 1.807) is 6.07 Å². The van der Waals surface area contributed by atoms with Crippen LogP contribution in [-0.2, 0) is 11.3 Å². The second-order valence-electron chi connectivity index (χ2n) is 5.47. The zero-order valence-electron chi connectivity index (χ0n) is 10.7. The van der Waals surface area contributed by atoms with Crippen molar-refractivity contribution in [3.63, 3.8) is 0 Å². The molecule has 0 unspecified atom stereocenters. The molecule has 18 heavy (non-hydrogen) atoms. The zero-order chi connectivity index (χ0) is 12.5. The summed E-state index contributed by atoms with van der Waals surface area (Å²) in [6, 6.07) is 4.43. The van der Waals surface area contributed by atoms with Crippen LogP contribution in [0, 0.1) is 11.8 Å². The molecule has 0 aromatic carbocycles. The molecule has 4 nitrogen and oxygen atoms in total. The average molecular weight is 248 g/mol. The lowest BCUT2D eigenvalue weighted by atomic mass is 10.1. The van der Waals surface area contributed by atoms with Gasteiger partial charge in [0.2, 0.25) is 0 Å². The summed E-state index contributed by atoms with van der Waals surface area (Å²) in [5.74, 6) is 1.49. The maximum absolute atomic E-state index is 11.3. The molecule has 0 bridgehead atoms. The van der Waals surface area contributed by atoms with Crippen molar-refractivity contribution in [3.8, 4) is 0 Å². The minimum absolute atomic E-state index is 0.304. The molecule has 0 radical (unpaired) electrons. The van der Waals surface area contributed by atoms with Gasteiger partial charge < -0.3 is 15.0 Å². The molecule has 1 aromatic heterocycles. The molecule has 4 heteroatoms. The zero-order valence-corrected chi connectivity index (χ0v) is 10.7. The van der Waals surface area contributed by atoms with Crippen LogP contribution in [0.4, 0.5) is 0 Å². The van der Waals surface area contributed by atoms with Crippen molar-refractivity contribution in [1.82, 2.24) is 10.3 Å². The van der Waals surface area contributed by atoms with Crippen LogP contribution in [0.2, 0.25) is 0 Å². The Kier molecular flexibility index (Phi) is 3.12. The standard InChI is InChI=1S/C14H20N2O2/c1-18-14(17)12-7-6-11(16-12)8-15-13(9-2-3-9)10-4-5-10/h6-7,9-10,13,15-16H,2-5,8H2,1H3. The number of aromatic nitrogens is 1. The molecular weight excluding hydrogens is 228 g/mol.